The van der Waals surface area contributed by atoms with E-state index in [0.29, 0.717) is 5.56 Å². The first kappa shape index (κ1) is 17.4. The van der Waals surface area contributed by atoms with Gasteiger partial charge in [0.1, 0.15) is 5.75 Å². The van der Waals surface area contributed by atoms with Crippen molar-refractivity contribution in [2.24, 2.45) is 17.3 Å². The normalized spacial score (nSPS) is 21.7. The number of alkyl halides is 2. The molecule has 0 saturated heterocycles. The summed E-state index contributed by atoms with van der Waals surface area (Å²) in [6.07, 6.45) is 2.12. The molecule has 0 aliphatic heterocycles. The van der Waals surface area contributed by atoms with Crippen molar-refractivity contribution >= 4 is 5.91 Å². The molecule has 2 atom stereocenters. The number of allylic oxidation sites excluding steroid dienone is 2. The van der Waals surface area contributed by atoms with E-state index in [9.17, 15) is 13.6 Å². The minimum Gasteiger partial charge on any atom is -0.434 e. The smallest absolute Gasteiger partial charge is 0.387 e. The fraction of sp³-hybridized carbons (Fsp3) is 0.500. The Labute approximate surface area is 135 Å². The maximum absolute atomic E-state index is 12.4. The van der Waals surface area contributed by atoms with Crippen LogP contribution < -0.4 is 10.1 Å². The maximum Gasteiger partial charge on any atom is 0.387 e. The number of carbonyl (C=O) groups is 1. The van der Waals surface area contributed by atoms with Crippen molar-refractivity contribution in [3.63, 3.8) is 0 Å². The fourth-order valence-corrected chi connectivity index (χ4v) is 3.00. The molecular formula is C18H23F2NO2. The predicted molar refractivity (Wildman–Crippen MR) is 85.1 cm³/mol. The third-order valence-corrected chi connectivity index (χ3v) is 4.35. The summed E-state index contributed by atoms with van der Waals surface area (Å²) in [5.41, 5.74) is 1.66. The Kier molecular flexibility index (Phi) is 5.07. The molecule has 1 aliphatic rings. The van der Waals surface area contributed by atoms with E-state index in [1.807, 2.05) is 13.8 Å². The van der Waals surface area contributed by atoms with Gasteiger partial charge >= 0.3 is 6.61 Å². The maximum atomic E-state index is 12.4. The Morgan fingerprint density at radius 1 is 1.35 bits per heavy atom. The summed E-state index contributed by atoms with van der Waals surface area (Å²) in [5.74, 6) is 0.184. The van der Waals surface area contributed by atoms with Crippen LogP contribution in [0.1, 0.15) is 33.3 Å². The zero-order valence-corrected chi connectivity index (χ0v) is 13.9. The second kappa shape index (κ2) is 6.69. The lowest BCUT2D eigenvalue weighted by Gasteiger charge is -2.11. The van der Waals surface area contributed by atoms with E-state index < -0.39 is 6.61 Å². The number of nitrogens with one attached hydrogen (secondary N) is 1. The first-order chi connectivity index (χ1) is 10.7. The van der Waals surface area contributed by atoms with Crippen LogP contribution in [0.25, 0.3) is 0 Å². The fourth-order valence-electron chi connectivity index (χ4n) is 3.00. The molecule has 0 spiro atoms. The molecule has 1 fully saturated rings. The molecule has 2 rings (SSSR count). The van der Waals surface area contributed by atoms with Crippen molar-refractivity contribution in [3.8, 4) is 5.75 Å². The summed E-state index contributed by atoms with van der Waals surface area (Å²) in [7, 11) is 0. The van der Waals surface area contributed by atoms with Gasteiger partial charge in [0.15, 0.2) is 0 Å². The highest BCUT2D eigenvalue weighted by Gasteiger charge is 2.60. The van der Waals surface area contributed by atoms with Crippen molar-refractivity contribution in [1.82, 2.24) is 5.32 Å². The molecule has 1 N–H and O–H groups in total. The molecule has 5 heteroatoms. The molecular weight excluding hydrogens is 300 g/mol. The number of amides is 1. The van der Waals surface area contributed by atoms with Gasteiger partial charge in [-0.25, -0.2) is 0 Å². The Balaban J connectivity index is 2.00. The van der Waals surface area contributed by atoms with Gasteiger partial charge in [0.05, 0.1) is 5.92 Å². The van der Waals surface area contributed by atoms with Gasteiger partial charge in [0.2, 0.25) is 5.91 Å². The highest BCUT2D eigenvalue weighted by atomic mass is 19.3. The third-order valence-electron chi connectivity index (χ3n) is 4.35. The van der Waals surface area contributed by atoms with Crippen LogP contribution in [0.15, 0.2) is 35.9 Å². The van der Waals surface area contributed by atoms with E-state index in [1.165, 1.54) is 11.6 Å². The molecule has 0 heterocycles. The molecule has 0 bridgehead atoms. The van der Waals surface area contributed by atoms with Gasteiger partial charge < -0.3 is 10.1 Å². The zero-order chi connectivity index (χ0) is 17.2. The average Bonchev–Trinajstić information content (AvgIpc) is 2.97. The molecule has 3 nitrogen and oxygen atoms in total. The number of halogens is 2. The van der Waals surface area contributed by atoms with Gasteiger partial charge in [0, 0.05) is 12.1 Å². The van der Waals surface area contributed by atoms with E-state index >= 15 is 0 Å². The topological polar surface area (TPSA) is 38.3 Å². The van der Waals surface area contributed by atoms with Gasteiger partial charge in [0.25, 0.3) is 0 Å². The number of ether oxygens (including phenoxy) is 1. The standard InChI is InChI=1S/C18H23F2NO2/c1-11(2)9-13-15(18(13,3)4)16(22)21-10-12-7-5-6-8-14(12)23-17(19)20/h5-9,13,15,17H,10H2,1-4H3,(H,21,22)/t13-,15+/m0/s1. The molecule has 0 aromatic heterocycles. The minimum absolute atomic E-state index is 0.0515. The van der Waals surface area contributed by atoms with Crippen molar-refractivity contribution in [2.45, 2.75) is 40.9 Å². The van der Waals surface area contributed by atoms with Crippen LogP contribution in [0.2, 0.25) is 0 Å². The van der Waals surface area contributed by atoms with Crippen molar-refractivity contribution in [2.75, 3.05) is 0 Å². The van der Waals surface area contributed by atoms with Crippen LogP contribution >= 0.6 is 0 Å². The van der Waals surface area contributed by atoms with E-state index in [1.54, 1.807) is 18.2 Å². The first-order valence-corrected chi connectivity index (χ1v) is 7.69. The second-order valence-corrected chi connectivity index (χ2v) is 6.77. The van der Waals surface area contributed by atoms with E-state index in [4.69, 9.17) is 0 Å². The number of hydrogen-bond donors (Lipinski definition) is 1. The number of hydrogen-bond acceptors (Lipinski definition) is 2. The van der Waals surface area contributed by atoms with Crippen LogP contribution in [0.3, 0.4) is 0 Å². The Bertz CT molecular complexity index is 607. The van der Waals surface area contributed by atoms with Crippen LogP contribution in [-0.2, 0) is 11.3 Å². The van der Waals surface area contributed by atoms with E-state index in [2.05, 4.69) is 30.0 Å². The van der Waals surface area contributed by atoms with Crippen LogP contribution in [-0.4, -0.2) is 12.5 Å². The van der Waals surface area contributed by atoms with Gasteiger partial charge in [-0.3, -0.25) is 4.79 Å². The molecule has 126 valence electrons. The highest BCUT2D eigenvalue weighted by Crippen LogP contribution is 2.59. The lowest BCUT2D eigenvalue weighted by molar-refractivity contribution is -0.123. The van der Waals surface area contributed by atoms with Crippen LogP contribution in [0, 0.1) is 17.3 Å². The van der Waals surface area contributed by atoms with E-state index in [-0.39, 0.29) is 35.5 Å². The summed E-state index contributed by atoms with van der Waals surface area (Å²) >= 11 is 0. The molecule has 0 unspecified atom stereocenters. The quantitative estimate of drug-likeness (QED) is 0.799. The number of rotatable bonds is 6. The zero-order valence-electron chi connectivity index (χ0n) is 13.9. The molecule has 1 amide bonds. The first-order valence-electron chi connectivity index (χ1n) is 7.69. The van der Waals surface area contributed by atoms with Gasteiger partial charge in [-0.05, 0) is 31.2 Å². The summed E-state index contributed by atoms with van der Waals surface area (Å²) in [6, 6.07) is 6.50. The third kappa shape index (κ3) is 4.09. The van der Waals surface area contributed by atoms with Crippen molar-refractivity contribution < 1.29 is 18.3 Å². The van der Waals surface area contributed by atoms with Crippen LogP contribution in [0.4, 0.5) is 8.78 Å². The molecule has 1 aliphatic carbocycles. The van der Waals surface area contributed by atoms with E-state index in [0.717, 1.165) is 0 Å². The SMILES string of the molecule is CC(C)=C[C@H]1[C@H](C(=O)NCc2ccccc2OC(F)F)C1(C)C. The predicted octanol–water partition coefficient (Wildman–Crippen LogP) is 4.14. The molecule has 0 radical (unpaired) electrons. The Morgan fingerprint density at radius 2 is 2.00 bits per heavy atom. The second-order valence-electron chi connectivity index (χ2n) is 6.77. The van der Waals surface area contributed by atoms with Crippen LogP contribution in [0.5, 0.6) is 5.75 Å². The molecule has 1 saturated carbocycles. The van der Waals surface area contributed by atoms with Crippen molar-refractivity contribution in [1.29, 1.82) is 0 Å². The average molecular weight is 323 g/mol. The number of carbonyl (C=O) groups excluding carboxylic acids is 1. The monoisotopic (exact) mass is 323 g/mol. The lowest BCUT2D eigenvalue weighted by atomic mass is 10.1. The Morgan fingerprint density at radius 3 is 2.61 bits per heavy atom. The van der Waals surface area contributed by atoms with Gasteiger partial charge in [-0.2, -0.15) is 8.78 Å². The number of para-hydroxylation sites is 1. The largest absolute Gasteiger partial charge is 0.434 e. The minimum atomic E-state index is -2.88. The van der Waals surface area contributed by atoms with Gasteiger partial charge in [-0.1, -0.05) is 43.7 Å². The summed E-state index contributed by atoms with van der Waals surface area (Å²) < 4.78 is 29.3. The number of benzene rings is 1. The Hall–Kier alpha value is -1.91. The van der Waals surface area contributed by atoms with Gasteiger partial charge in [-0.15, -0.1) is 0 Å². The lowest BCUT2D eigenvalue weighted by Crippen LogP contribution is -2.26. The molecule has 23 heavy (non-hydrogen) atoms. The molecule has 1 aromatic rings. The van der Waals surface area contributed by atoms with Crippen molar-refractivity contribution in [3.05, 3.63) is 41.5 Å². The highest BCUT2D eigenvalue weighted by molar-refractivity contribution is 5.83. The summed E-state index contributed by atoms with van der Waals surface area (Å²) in [5, 5.41) is 2.84. The molecule has 1 aromatic carbocycles. The summed E-state index contributed by atoms with van der Waals surface area (Å²) in [6.45, 7) is 5.46. The summed E-state index contributed by atoms with van der Waals surface area (Å²) in [4.78, 5) is 12.4.